The van der Waals surface area contributed by atoms with Gasteiger partial charge >= 0.3 is 5.51 Å². The summed E-state index contributed by atoms with van der Waals surface area (Å²) in [6, 6.07) is 5.55. The van der Waals surface area contributed by atoms with Crippen molar-refractivity contribution in [2.45, 2.75) is 23.7 Å². The normalized spacial score (nSPS) is 11.4. The molecule has 19 heavy (non-hydrogen) atoms. The van der Waals surface area contributed by atoms with E-state index in [1.54, 1.807) is 0 Å². The van der Waals surface area contributed by atoms with Crippen molar-refractivity contribution in [3.8, 4) is 0 Å². The minimum absolute atomic E-state index is 0.0922. The predicted octanol–water partition coefficient (Wildman–Crippen LogP) is 3.24. The van der Waals surface area contributed by atoms with Gasteiger partial charge in [0.15, 0.2) is 0 Å². The molecule has 0 atom stereocenters. The Bertz CT molecular complexity index is 406. The molecule has 0 saturated carbocycles. The summed E-state index contributed by atoms with van der Waals surface area (Å²) in [5.74, 6) is -0.218. The van der Waals surface area contributed by atoms with Crippen molar-refractivity contribution in [1.29, 1.82) is 0 Å². The van der Waals surface area contributed by atoms with Gasteiger partial charge in [-0.2, -0.15) is 13.2 Å². The average molecular weight is 292 g/mol. The Balaban J connectivity index is 2.46. The Morgan fingerprint density at radius 1 is 1.26 bits per heavy atom. The quantitative estimate of drug-likeness (QED) is 0.625. The highest BCUT2D eigenvalue weighted by atomic mass is 32.2. The van der Waals surface area contributed by atoms with Crippen LogP contribution in [0.3, 0.4) is 0 Å². The van der Waals surface area contributed by atoms with Crippen molar-refractivity contribution in [1.82, 2.24) is 5.32 Å². The fourth-order valence-corrected chi connectivity index (χ4v) is 1.86. The van der Waals surface area contributed by atoms with E-state index in [0.717, 1.165) is 13.0 Å². The summed E-state index contributed by atoms with van der Waals surface area (Å²) < 4.78 is 36.3. The molecule has 1 amide bonds. The van der Waals surface area contributed by atoms with Crippen LogP contribution in [0.5, 0.6) is 0 Å². The van der Waals surface area contributed by atoms with Crippen LogP contribution in [-0.4, -0.2) is 24.5 Å². The van der Waals surface area contributed by atoms with E-state index >= 15 is 0 Å². The SMILES string of the molecule is CCCNCC(=O)Nc1ccc(SC(F)(F)F)cc1. The smallest absolute Gasteiger partial charge is 0.325 e. The Morgan fingerprint density at radius 2 is 1.89 bits per heavy atom. The summed E-state index contributed by atoms with van der Waals surface area (Å²) in [5, 5.41) is 5.53. The van der Waals surface area contributed by atoms with Crippen LogP contribution in [0.15, 0.2) is 29.2 Å². The third kappa shape index (κ3) is 7.07. The summed E-state index contributed by atoms with van der Waals surface area (Å²) in [5.41, 5.74) is -3.82. The molecule has 1 aromatic rings. The van der Waals surface area contributed by atoms with Gasteiger partial charge in [-0.3, -0.25) is 4.79 Å². The standard InChI is InChI=1S/C12H15F3N2OS/c1-2-7-16-8-11(18)17-9-3-5-10(6-4-9)19-12(13,14)15/h3-6,16H,2,7-8H2,1H3,(H,17,18). The minimum atomic E-state index is -4.30. The Hall–Kier alpha value is -1.21. The molecule has 1 aromatic carbocycles. The molecule has 0 aliphatic carbocycles. The minimum Gasteiger partial charge on any atom is -0.325 e. The Labute approximate surface area is 114 Å². The molecule has 0 spiro atoms. The molecule has 0 aliphatic heterocycles. The molecule has 3 nitrogen and oxygen atoms in total. The van der Waals surface area contributed by atoms with E-state index in [9.17, 15) is 18.0 Å². The first-order valence-corrected chi connectivity index (χ1v) is 6.58. The Morgan fingerprint density at radius 3 is 2.42 bits per heavy atom. The third-order valence-corrected chi connectivity index (χ3v) is 2.82. The van der Waals surface area contributed by atoms with Crippen molar-refractivity contribution in [2.75, 3.05) is 18.4 Å². The monoisotopic (exact) mass is 292 g/mol. The number of carbonyl (C=O) groups excluding carboxylic acids is 1. The molecule has 0 heterocycles. The van der Waals surface area contributed by atoms with Gasteiger partial charge in [-0.05, 0) is 49.0 Å². The summed E-state index contributed by atoms with van der Waals surface area (Å²) in [7, 11) is 0. The molecule has 7 heteroatoms. The molecule has 2 N–H and O–H groups in total. The van der Waals surface area contributed by atoms with Crippen LogP contribution in [0.2, 0.25) is 0 Å². The highest BCUT2D eigenvalue weighted by molar-refractivity contribution is 8.00. The fourth-order valence-electron chi connectivity index (χ4n) is 1.32. The number of carbonyl (C=O) groups is 1. The molecular weight excluding hydrogens is 277 g/mol. The predicted molar refractivity (Wildman–Crippen MR) is 70.1 cm³/mol. The van der Waals surface area contributed by atoms with Crippen molar-refractivity contribution in [2.24, 2.45) is 0 Å². The van der Waals surface area contributed by atoms with Gasteiger partial charge in [0.25, 0.3) is 0 Å². The van der Waals surface area contributed by atoms with Gasteiger partial charge in [0.1, 0.15) is 0 Å². The lowest BCUT2D eigenvalue weighted by Crippen LogP contribution is -2.28. The van der Waals surface area contributed by atoms with E-state index in [2.05, 4.69) is 10.6 Å². The number of nitrogens with one attached hydrogen (secondary N) is 2. The molecule has 0 unspecified atom stereocenters. The van der Waals surface area contributed by atoms with Crippen molar-refractivity contribution < 1.29 is 18.0 Å². The van der Waals surface area contributed by atoms with Crippen molar-refractivity contribution in [3.63, 3.8) is 0 Å². The van der Waals surface area contributed by atoms with Gasteiger partial charge < -0.3 is 10.6 Å². The van der Waals surface area contributed by atoms with Crippen LogP contribution in [0.4, 0.5) is 18.9 Å². The van der Waals surface area contributed by atoms with E-state index in [4.69, 9.17) is 0 Å². The fraction of sp³-hybridized carbons (Fsp3) is 0.417. The molecule has 0 saturated heterocycles. The number of hydrogen-bond acceptors (Lipinski definition) is 3. The number of anilines is 1. The van der Waals surface area contributed by atoms with E-state index in [-0.39, 0.29) is 29.1 Å². The summed E-state index contributed by atoms with van der Waals surface area (Å²) in [6.45, 7) is 2.92. The van der Waals surface area contributed by atoms with Crippen molar-refractivity contribution in [3.05, 3.63) is 24.3 Å². The molecule has 0 aromatic heterocycles. The summed E-state index contributed by atoms with van der Waals surface area (Å²) in [6.07, 6.45) is 0.927. The van der Waals surface area contributed by atoms with Crippen LogP contribution in [0.1, 0.15) is 13.3 Å². The maximum absolute atomic E-state index is 12.1. The number of amides is 1. The van der Waals surface area contributed by atoms with E-state index in [1.165, 1.54) is 24.3 Å². The molecule has 0 fully saturated rings. The number of halogens is 3. The number of rotatable bonds is 6. The highest BCUT2D eigenvalue weighted by Crippen LogP contribution is 2.36. The number of benzene rings is 1. The van der Waals surface area contributed by atoms with E-state index < -0.39 is 5.51 Å². The second-order valence-electron chi connectivity index (χ2n) is 3.80. The second kappa shape index (κ2) is 7.40. The topological polar surface area (TPSA) is 41.1 Å². The van der Waals surface area contributed by atoms with Crippen LogP contribution < -0.4 is 10.6 Å². The molecule has 106 valence electrons. The zero-order valence-electron chi connectivity index (χ0n) is 10.4. The number of alkyl halides is 3. The lowest BCUT2D eigenvalue weighted by molar-refractivity contribution is -0.115. The summed E-state index contributed by atoms with van der Waals surface area (Å²) >= 11 is -0.180. The lowest BCUT2D eigenvalue weighted by Gasteiger charge is -2.08. The van der Waals surface area contributed by atoms with Gasteiger partial charge in [-0.1, -0.05) is 6.92 Å². The van der Waals surface area contributed by atoms with Gasteiger partial charge in [0.05, 0.1) is 6.54 Å². The zero-order valence-corrected chi connectivity index (χ0v) is 11.2. The molecule has 0 radical (unpaired) electrons. The molecule has 1 rings (SSSR count). The largest absolute Gasteiger partial charge is 0.446 e. The first kappa shape index (κ1) is 15.8. The maximum atomic E-state index is 12.1. The van der Waals surface area contributed by atoms with Gasteiger partial charge in [-0.25, -0.2) is 0 Å². The zero-order chi connectivity index (χ0) is 14.3. The lowest BCUT2D eigenvalue weighted by atomic mass is 10.3. The van der Waals surface area contributed by atoms with Crippen LogP contribution >= 0.6 is 11.8 Å². The third-order valence-electron chi connectivity index (χ3n) is 2.08. The van der Waals surface area contributed by atoms with Gasteiger partial charge in [0.2, 0.25) is 5.91 Å². The molecular formula is C12H15F3N2OS. The van der Waals surface area contributed by atoms with E-state index in [1.807, 2.05) is 6.92 Å². The van der Waals surface area contributed by atoms with Crippen LogP contribution in [0, 0.1) is 0 Å². The maximum Gasteiger partial charge on any atom is 0.446 e. The summed E-state index contributed by atoms with van der Waals surface area (Å²) in [4.78, 5) is 11.5. The Kier molecular flexibility index (Phi) is 6.17. The average Bonchev–Trinajstić information content (AvgIpc) is 2.30. The van der Waals surface area contributed by atoms with Crippen LogP contribution in [-0.2, 0) is 4.79 Å². The number of thioether (sulfide) groups is 1. The first-order chi connectivity index (χ1) is 8.90. The van der Waals surface area contributed by atoms with Gasteiger partial charge in [-0.15, -0.1) is 0 Å². The van der Waals surface area contributed by atoms with Crippen molar-refractivity contribution >= 4 is 23.4 Å². The highest BCUT2D eigenvalue weighted by Gasteiger charge is 2.28. The first-order valence-electron chi connectivity index (χ1n) is 5.77. The number of hydrogen-bond donors (Lipinski definition) is 2. The molecule has 0 bridgehead atoms. The molecule has 0 aliphatic rings. The second-order valence-corrected chi connectivity index (χ2v) is 4.94. The van der Waals surface area contributed by atoms with Gasteiger partial charge in [0, 0.05) is 10.6 Å². The van der Waals surface area contributed by atoms with E-state index in [0.29, 0.717) is 5.69 Å². The van der Waals surface area contributed by atoms with Crippen LogP contribution in [0.25, 0.3) is 0 Å².